The van der Waals surface area contributed by atoms with E-state index in [0.717, 1.165) is 11.5 Å². The smallest absolute Gasteiger partial charge is 0.153 e. The van der Waals surface area contributed by atoms with Gasteiger partial charge in [-0.15, -0.1) is 0 Å². The Labute approximate surface area is 114 Å². The Hall–Kier alpha value is -1.84. The molecule has 0 saturated heterocycles. The minimum Gasteiger partial charge on any atom is -0.381 e. The highest BCUT2D eigenvalue weighted by molar-refractivity contribution is 5.44. The summed E-state index contributed by atoms with van der Waals surface area (Å²) in [5.41, 5.74) is 1.07. The maximum atomic E-state index is 4.41. The van der Waals surface area contributed by atoms with E-state index in [-0.39, 0.29) is 0 Å². The molecule has 1 atom stereocenters. The zero-order valence-electron chi connectivity index (χ0n) is 11.7. The fraction of sp³-hybridized carbons (Fsp3) is 0.467. The monoisotopic (exact) mass is 258 g/mol. The molecule has 0 spiro atoms. The van der Waals surface area contributed by atoms with E-state index < -0.39 is 0 Å². The van der Waals surface area contributed by atoms with Crippen molar-refractivity contribution < 1.29 is 0 Å². The largest absolute Gasteiger partial charge is 0.381 e. The van der Waals surface area contributed by atoms with Crippen LogP contribution in [-0.4, -0.2) is 20.8 Å². The molecule has 4 heteroatoms. The number of pyridine rings is 1. The lowest BCUT2D eigenvalue weighted by atomic mass is 10.1. The molecule has 0 saturated carbocycles. The number of nitrogens with one attached hydrogen (secondary N) is 1. The lowest BCUT2D eigenvalue weighted by Gasteiger charge is -2.14. The highest BCUT2D eigenvalue weighted by Gasteiger charge is 2.03. The Bertz CT molecular complexity index is 461. The molecule has 0 aliphatic heterocycles. The molecule has 0 aliphatic rings. The van der Waals surface area contributed by atoms with Crippen molar-refractivity contribution in [2.45, 2.75) is 45.6 Å². The van der Waals surface area contributed by atoms with E-state index in [2.05, 4.69) is 35.3 Å². The van der Waals surface area contributed by atoms with Crippen LogP contribution in [0.1, 0.15) is 39.5 Å². The third-order valence-corrected chi connectivity index (χ3v) is 3.14. The molecule has 0 amide bonds. The molecule has 2 aromatic rings. The molecule has 0 aliphatic carbocycles. The van der Waals surface area contributed by atoms with Gasteiger partial charge in [0.15, 0.2) is 5.82 Å². The van der Waals surface area contributed by atoms with Gasteiger partial charge in [0.05, 0.1) is 11.9 Å². The van der Waals surface area contributed by atoms with Crippen LogP contribution in [0, 0.1) is 0 Å². The summed E-state index contributed by atoms with van der Waals surface area (Å²) in [5.74, 6) is 0.842. The van der Waals surface area contributed by atoms with Crippen LogP contribution in [0.3, 0.4) is 0 Å². The fourth-order valence-corrected chi connectivity index (χ4v) is 2.07. The summed E-state index contributed by atoms with van der Waals surface area (Å²) in [6.07, 6.45) is 10.6. The molecule has 0 bridgehead atoms. The van der Waals surface area contributed by atoms with Gasteiger partial charge in [-0.3, -0.25) is 0 Å². The first-order valence-corrected chi connectivity index (χ1v) is 7.02. The molecule has 2 rings (SSSR count). The van der Waals surface area contributed by atoms with Gasteiger partial charge in [-0.1, -0.05) is 26.2 Å². The molecule has 0 aromatic carbocycles. The predicted octanol–water partition coefficient (Wildman–Crippen LogP) is 3.65. The van der Waals surface area contributed by atoms with Gasteiger partial charge >= 0.3 is 0 Å². The van der Waals surface area contributed by atoms with E-state index in [1.165, 1.54) is 25.7 Å². The normalized spacial score (nSPS) is 12.3. The number of unbranched alkanes of at least 4 members (excludes halogenated alkanes) is 2. The second kappa shape index (κ2) is 6.92. The Morgan fingerprint density at radius 2 is 2.21 bits per heavy atom. The zero-order chi connectivity index (χ0) is 13.5. The summed E-state index contributed by atoms with van der Waals surface area (Å²) in [5, 5.41) is 7.64. The van der Waals surface area contributed by atoms with Gasteiger partial charge in [0.2, 0.25) is 0 Å². The lowest BCUT2D eigenvalue weighted by molar-refractivity contribution is 0.615. The number of anilines is 1. The summed E-state index contributed by atoms with van der Waals surface area (Å²) in [4.78, 5) is 4.41. The van der Waals surface area contributed by atoms with Crippen molar-refractivity contribution in [3.8, 4) is 5.82 Å². The van der Waals surface area contributed by atoms with Crippen LogP contribution < -0.4 is 5.32 Å². The molecule has 1 N–H and O–H groups in total. The number of hydrogen-bond donors (Lipinski definition) is 1. The Kier molecular flexibility index (Phi) is 4.95. The van der Waals surface area contributed by atoms with Crippen LogP contribution in [0.15, 0.2) is 36.8 Å². The number of nitrogens with zero attached hydrogens (tertiary/aromatic N) is 3. The van der Waals surface area contributed by atoms with Gasteiger partial charge in [-0.05, 0) is 31.5 Å². The predicted molar refractivity (Wildman–Crippen MR) is 78.6 cm³/mol. The van der Waals surface area contributed by atoms with E-state index >= 15 is 0 Å². The average molecular weight is 258 g/mol. The van der Waals surface area contributed by atoms with Gasteiger partial charge in [0.1, 0.15) is 0 Å². The first-order chi connectivity index (χ1) is 9.29. The summed E-state index contributed by atoms with van der Waals surface area (Å²) < 4.78 is 1.76. The lowest BCUT2D eigenvalue weighted by Crippen LogP contribution is -2.15. The van der Waals surface area contributed by atoms with Crippen molar-refractivity contribution in [1.29, 1.82) is 0 Å². The van der Waals surface area contributed by atoms with Crippen molar-refractivity contribution in [2.24, 2.45) is 0 Å². The van der Waals surface area contributed by atoms with E-state index in [1.54, 1.807) is 10.9 Å². The minimum absolute atomic E-state index is 0.490. The summed E-state index contributed by atoms with van der Waals surface area (Å²) in [6.45, 7) is 4.45. The van der Waals surface area contributed by atoms with E-state index in [1.807, 2.05) is 24.5 Å². The van der Waals surface area contributed by atoms with Crippen LogP contribution in [-0.2, 0) is 0 Å². The quantitative estimate of drug-likeness (QED) is 0.771. The van der Waals surface area contributed by atoms with Crippen molar-refractivity contribution in [1.82, 2.24) is 14.8 Å². The molecule has 4 nitrogen and oxygen atoms in total. The maximum Gasteiger partial charge on any atom is 0.153 e. The SMILES string of the molecule is CCCCCC(C)Nc1ccc(-n2cccn2)nc1. The second-order valence-corrected chi connectivity index (χ2v) is 4.90. The first-order valence-electron chi connectivity index (χ1n) is 7.02. The van der Waals surface area contributed by atoms with Crippen molar-refractivity contribution in [2.75, 3.05) is 5.32 Å². The molecule has 2 aromatic heterocycles. The van der Waals surface area contributed by atoms with Gasteiger partial charge in [-0.2, -0.15) is 5.10 Å². The summed E-state index contributed by atoms with van der Waals surface area (Å²) in [7, 11) is 0. The Balaban J connectivity index is 1.88. The van der Waals surface area contributed by atoms with E-state index in [0.29, 0.717) is 6.04 Å². The zero-order valence-corrected chi connectivity index (χ0v) is 11.7. The summed E-state index contributed by atoms with van der Waals surface area (Å²) >= 11 is 0. The van der Waals surface area contributed by atoms with Crippen molar-refractivity contribution in [3.05, 3.63) is 36.8 Å². The molecular weight excluding hydrogens is 236 g/mol. The third-order valence-electron chi connectivity index (χ3n) is 3.14. The Morgan fingerprint density at radius 3 is 2.84 bits per heavy atom. The van der Waals surface area contributed by atoms with Crippen LogP contribution in [0.25, 0.3) is 5.82 Å². The van der Waals surface area contributed by atoms with Crippen LogP contribution in [0.5, 0.6) is 0 Å². The molecule has 0 radical (unpaired) electrons. The number of aromatic nitrogens is 3. The molecule has 2 heterocycles. The standard InChI is InChI=1S/C15H22N4/c1-3-4-5-7-13(2)18-14-8-9-15(16-12-14)19-11-6-10-17-19/h6,8-13,18H,3-5,7H2,1-2H3. The Morgan fingerprint density at radius 1 is 1.32 bits per heavy atom. The topological polar surface area (TPSA) is 42.7 Å². The number of hydrogen-bond acceptors (Lipinski definition) is 3. The second-order valence-electron chi connectivity index (χ2n) is 4.90. The van der Waals surface area contributed by atoms with Crippen LogP contribution in [0.2, 0.25) is 0 Å². The third kappa shape index (κ3) is 4.09. The average Bonchev–Trinajstić information content (AvgIpc) is 2.94. The van der Waals surface area contributed by atoms with Gasteiger partial charge in [-0.25, -0.2) is 9.67 Å². The van der Waals surface area contributed by atoms with Crippen molar-refractivity contribution in [3.63, 3.8) is 0 Å². The van der Waals surface area contributed by atoms with Crippen LogP contribution in [0.4, 0.5) is 5.69 Å². The van der Waals surface area contributed by atoms with Crippen LogP contribution >= 0.6 is 0 Å². The van der Waals surface area contributed by atoms with Gasteiger partial charge < -0.3 is 5.32 Å². The van der Waals surface area contributed by atoms with Gasteiger partial charge in [0.25, 0.3) is 0 Å². The molecular formula is C15H22N4. The van der Waals surface area contributed by atoms with E-state index in [9.17, 15) is 0 Å². The molecule has 102 valence electrons. The number of rotatable bonds is 7. The maximum absolute atomic E-state index is 4.41. The molecule has 19 heavy (non-hydrogen) atoms. The van der Waals surface area contributed by atoms with Crippen molar-refractivity contribution >= 4 is 5.69 Å². The fourth-order valence-electron chi connectivity index (χ4n) is 2.07. The van der Waals surface area contributed by atoms with E-state index in [4.69, 9.17) is 0 Å². The summed E-state index contributed by atoms with van der Waals surface area (Å²) in [6, 6.07) is 6.42. The highest BCUT2D eigenvalue weighted by atomic mass is 15.3. The minimum atomic E-state index is 0.490. The first kappa shape index (κ1) is 13.6. The molecule has 1 unspecified atom stereocenters. The van der Waals surface area contributed by atoms with Gasteiger partial charge in [0, 0.05) is 18.4 Å². The highest BCUT2D eigenvalue weighted by Crippen LogP contribution is 2.12. The molecule has 0 fully saturated rings.